The first-order valence-electron chi connectivity index (χ1n) is 11.2. The molecule has 3 rings (SSSR count). The molecule has 2 aromatic rings. The Morgan fingerprint density at radius 3 is 2.16 bits per heavy atom. The lowest BCUT2D eigenvalue weighted by Gasteiger charge is -2.41. The average molecular weight is 422 g/mol. The van der Waals surface area contributed by atoms with Crippen molar-refractivity contribution in [2.45, 2.75) is 71.6 Å². The van der Waals surface area contributed by atoms with Gasteiger partial charge in [-0.3, -0.25) is 4.79 Å². The number of benzene rings is 2. The minimum atomic E-state index is -0.275. The van der Waals surface area contributed by atoms with E-state index in [0.29, 0.717) is 18.6 Å². The zero-order chi connectivity index (χ0) is 22.8. The van der Waals surface area contributed by atoms with Crippen molar-refractivity contribution in [3.05, 3.63) is 64.7 Å². The Morgan fingerprint density at radius 1 is 0.935 bits per heavy atom. The van der Waals surface area contributed by atoms with E-state index < -0.39 is 0 Å². The first kappa shape index (κ1) is 23.1. The molecule has 1 N–H and O–H groups in total. The molecule has 0 aliphatic heterocycles. The molecule has 0 fully saturated rings. The monoisotopic (exact) mass is 421 g/mol. The van der Waals surface area contributed by atoms with Crippen LogP contribution in [0.1, 0.15) is 81.4 Å². The summed E-state index contributed by atoms with van der Waals surface area (Å²) in [6.45, 7) is 13.1. The molecule has 166 valence electrons. The second kappa shape index (κ2) is 8.86. The van der Waals surface area contributed by atoms with Crippen molar-refractivity contribution >= 4 is 17.6 Å². The van der Waals surface area contributed by atoms with Gasteiger partial charge in [-0.2, -0.15) is 0 Å². The topological polar surface area (TPSA) is 55.4 Å². The lowest BCUT2D eigenvalue weighted by molar-refractivity contribution is -0.118. The van der Waals surface area contributed by atoms with E-state index in [1.807, 2.05) is 50.2 Å². The third-order valence-electron chi connectivity index (χ3n) is 6.46. The minimum Gasteiger partial charge on any atom is -0.462 e. The Labute approximate surface area is 186 Å². The molecule has 0 atom stereocenters. The van der Waals surface area contributed by atoms with E-state index in [4.69, 9.17) is 4.74 Å². The largest absolute Gasteiger partial charge is 0.462 e. The molecule has 2 aromatic carbocycles. The smallest absolute Gasteiger partial charge is 0.338 e. The summed E-state index contributed by atoms with van der Waals surface area (Å²) in [5, 5.41) is 2.88. The van der Waals surface area contributed by atoms with E-state index in [0.717, 1.165) is 24.1 Å². The first-order chi connectivity index (χ1) is 14.5. The van der Waals surface area contributed by atoms with Crippen LogP contribution in [-0.4, -0.2) is 18.5 Å². The SMILES string of the molecule is CC(C)C(=O)Nc1ccc(CCOC(=O)c2ccc3c(c2)C(C)(C)CCC3(C)C)cc1. The highest BCUT2D eigenvalue weighted by molar-refractivity contribution is 5.92. The van der Waals surface area contributed by atoms with Gasteiger partial charge in [0.1, 0.15) is 0 Å². The Balaban J connectivity index is 1.60. The van der Waals surface area contributed by atoms with Crippen molar-refractivity contribution in [3.63, 3.8) is 0 Å². The molecule has 4 nitrogen and oxygen atoms in total. The highest BCUT2D eigenvalue weighted by atomic mass is 16.5. The van der Waals surface area contributed by atoms with Gasteiger partial charge in [0.05, 0.1) is 12.2 Å². The normalized spacial score (nSPS) is 16.5. The molecule has 0 radical (unpaired) electrons. The lowest BCUT2D eigenvalue weighted by atomic mass is 9.63. The number of ether oxygens (including phenoxy) is 1. The Morgan fingerprint density at radius 2 is 1.55 bits per heavy atom. The van der Waals surface area contributed by atoms with Crippen LogP contribution in [0, 0.1) is 5.92 Å². The maximum atomic E-state index is 12.7. The molecule has 0 saturated heterocycles. The summed E-state index contributed by atoms with van der Waals surface area (Å²) in [5.41, 5.74) is 5.25. The summed E-state index contributed by atoms with van der Waals surface area (Å²) in [4.78, 5) is 24.4. The van der Waals surface area contributed by atoms with Crippen LogP contribution in [0.5, 0.6) is 0 Å². The second-order valence-electron chi connectivity index (χ2n) is 10.3. The molecule has 1 amide bonds. The van der Waals surface area contributed by atoms with Crippen LogP contribution in [0.2, 0.25) is 0 Å². The molecule has 1 aliphatic carbocycles. The van der Waals surface area contributed by atoms with Crippen molar-refractivity contribution < 1.29 is 14.3 Å². The fraction of sp³-hybridized carbons (Fsp3) is 0.481. The fourth-order valence-corrected chi connectivity index (χ4v) is 4.10. The van der Waals surface area contributed by atoms with E-state index in [-0.39, 0.29) is 28.6 Å². The van der Waals surface area contributed by atoms with E-state index >= 15 is 0 Å². The lowest BCUT2D eigenvalue weighted by Crippen LogP contribution is -2.34. The zero-order valence-electron chi connectivity index (χ0n) is 19.7. The van der Waals surface area contributed by atoms with E-state index in [2.05, 4.69) is 39.1 Å². The number of anilines is 1. The van der Waals surface area contributed by atoms with Gasteiger partial charge in [-0.15, -0.1) is 0 Å². The Bertz CT molecular complexity index is 955. The molecule has 0 spiro atoms. The summed E-state index contributed by atoms with van der Waals surface area (Å²) in [5.74, 6) is -0.333. The van der Waals surface area contributed by atoms with Gasteiger partial charge >= 0.3 is 5.97 Å². The van der Waals surface area contributed by atoms with Gasteiger partial charge in [-0.05, 0) is 64.6 Å². The highest BCUT2D eigenvalue weighted by Gasteiger charge is 2.37. The number of carbonyl (C=O) groups excluding carboxylic acids is 2. The number of hydrogen-bond acceptors (Lipinski definition) is 3. The van der Waals surface area contributed by atoms with Gasteiger partial charge in [0.15, 0.2) is 0 Å². The molecular weight excluding hydrogens is 386 g/mol. The van der Waals surface area contributed by atoms with Gasteiger partial charge in [-0.1, -0.05) is 59.7 Å². The Kier molecular flexibility index (Phi) is 6.59. The summed E-state index contributed by atoms with van der Waals surface area (Å²) in [7, 11) is 0. The fourth-order valence-electron chi connectivity index (χ4n) is 4.10. The zero-order valence-corrected chi connectivity index (χ0v) is 19.7. The second-order valence-corrected chi connectivity index (χ2v) is 10.3. The van der Waals surface area contributed by atoms with Gasteiger partial charge < -0.3 is 10.1 Å². The predicted octanol–water partition coefficient (Wildman–Crippen LogP) is 6.03. The van der Waals surface area contributed by atoms with E-state index in [9.17, 15) is 9.59 Å². The summed E-state index contributed by atoms with van der Waals surface area (Å²) in [6.07, 6.45) is 2.89. The number of hydrogen-bond donors (Lipinski definition) is 1. The van der Waals surface area contributed by atoms with Crippen molar-refractivity contribution in [2.75, 3.05) is 11.9 Å². The number of fused-ring (bicyclic) bond motifs is 1. The molecule has 0 aromatic heterocycles. The van der Waals surface area contributed by atoms with Crippen LogP contribution in [0.15, 0.2) is 42.5 Å². The molecule has 4 heteroatoms. The van der Waals surface area contributed by atoms with Crippen LogP contribution in [-0.2, 0) is 26.8 Å². The van der Waals surface area contributed by atoms with Crippen LogP contribution in [0.3, 0.4) is 0 Å². The molecule has 31 heavy (non-hydrogen) atoms. The highest BCUT2D eigenvalue weighted by Crippen LogP contribution is 2.45. The summed E-state index contributed by atoms with van der Waals surface area (Å²) < 4.78 is 5.56. The minimum absolute atomic E-state index is 0.00158. The number of esters is 1. The number of nitrogens with one attached hydrogen (secondary N) is 1. The first-order valence-corrected chi connectivity index (χ1v) is 11.2. The molecular formula is C27H35NO3. The van der Waals surface area contributed by atoms with Crippen LogP contribution >= 0.6 is 0 Å². The molecule has 0 bridgehead atoms. The number of rotatable bonds is 6. The van der Waals surface area contributed by atoms with Crippen molar-refractivity contribution in [2.24, 2.45) is 5.92 Å². The quantitative estimate of drug-likeness (QED) is 0.579. The molecule has 0 heterocycles. The predicted molar refractivity (Wildman–Crippen MR) is 126 cm³/mol. The van der Waals surface area contributed by atoms with E-state index in [1.54, 1.807) is 0 Å². The number of amides is 1. The Hall–Kier alpha value is -2.62. The maximum Gasteiger partial charge on any atom is 0.338 e. The summed E-state index contributed by atoms with van der Waals surface area (Å²) >= 11 is 0. The average Bonchev–Trinajstić information content (AvgIpc) is 2.72. The van der Waals surface area contributed by atoms with E-state index in [1.165, 1.54) is 11.1 Å². The number of carbonyl (C=O) groups is 2. The van der Waals surface area contributed by atoms with Crippen LogP contribution in [0.4, 0.5) is 5.69 Å². The van der Waals surface area contributed by atoms with Gasteiger partial charge in [0.25, 0.3) is 0 Å². The van der Waals surface area contributed by atoms with Gasteiger partial charge in [-0.25, -0.2) is 4.79 Å². The third kappa shape index (κ3) is 5.36. The van der Waals surface area contributed by atoms with Crippen molar-refractivity contribution in [3.8, 4) is 0 Å². The third-order valence-corrected chi connectivity index (χ3v) is 6.46. The van der Waals surface area contributed by atoms with Crippen LogP contribution < -0.4 is 5.32 Å². The van der Waals surface area contributed by atoms with Crippen molar-refractivity contribution in [1.82, 2.24) is 0 Å². The molecule has 1 aliphatic rings. The van der Waals surface area contributed by atoms with Gasteiger partial charge in [0, 0.05) is 18.0 Å². The van der Waals surface area contributed by atoms with Crippen molar-refractivity contribution in [1.29, 1.82) is 0 Å². The molecule has 0 saturated carbocycles. The standard InChI is InChI=1S/C27H35NO3/c1-18(2)24(29)28-21-10-7-19(8-11-21)13-16-31-25(30)20-9-12-22-23(17-20)27(5,6)15-14-26(22,3)4/h7-12,17-18H,13-16H2,1-6H3,(H,28,29). The molecule has 0 unspecified atom stereocenters. The summed E-state index contributed by atoms with van der Waals surface area (Å²) in [6, 6.07) is 13.7. The van der Waals surface area contributed by atoms with Gasteiger partial charge in [0.2, 0.25) is 5.91 Å². The maximum absolute atomic E-state index is 12.7. The van der Waals surface area contributed by atoms with Crippen LogP contribution in [0.25, 0.3) is 0 Å².